The van der Waals surface area contributed by atoms with E-state index in [1.807, 2.05) is 42.5 Å². The van der Waals surface area contributed by atoms with Gasteiger partial charge < -0.3 is 5.32 Å². The van der Waals surface area contributed by atoms with Crippen LogP contribution in [0.5, 0.6) is 0 Å². The first-order valence-corrected chi connectivity index (χ1v) is 8.38. The third kappa shape index (κ3) is 3.19. The molecule has 0 saturated carbocycles. The molecule has 0 spiro atoms. The fourth-order valence-corrected chi connectivity index (χ4v) is 3.62. The fraction of sp³-hybridized carbons (Fsp3) is 0.167. The summed E-state index contributed by atoms with van der Waals surface area (Å²) in [5.74, 6) is -0.622. The van der Waals surface area contributed by atoms with Gasteiger partial charge in [0.05, 0.1) is 0 Å². The number of thioether (sulfide) groups is 1. The summed E-state index contributed by atoms with van der Waals surface area (Å²) in [6.07, 6.45) is 1.46. The summed E-state index contributed by atoms with van der Waals surface area (Å²) >= 11 is 0.893. The molecule has 3 rings (SSSR count). The molecule has 2 aromatic rings. The Morgan fingerprint density at radius 3 is 2.75 bits per heavy atom. The maximum absolute atomic E-state index is 12.3. The number of imide groups is 1. The van der Waals surface area contributed by atoms with Crippen molar-refractivity contribution in [3.8, 4) is 0 Å². The van der Waals surface area contributed by atoms with Gasteiger partial charge >= 0.3 is 0 Å². The van der Waals surface area contributed by atoms with Gasteiger partial charge in [-0.2, -0.15) is 0 Å². The highest BCUT2D eigenvalue weighted by molar-refractivity contribution is 8.15. The summed E-state index contributed by atoms with van der Waals surface area (Å²) < 4.78 is 0. The molecule has 6 heteroatoms. The number of benzene rings is 2. The molecule has 5 nitrogen and oxygen atoms in total. The van der Waals surface area contributed by atoms with E-state index in [4.69, 9.17) is 0 Å². The number of anilines is 1. The highest BCUT2D eigenvalue weighted by Crippen LogP contribution is 2.30. The van der Waals surface area contributed by atoms with Crippen molar-refractivity contribution in [2.45, 2.75) is 11.7 Å². The van der Waals surface area contributed by atoms with Gasteiger partial charge in [-0.1, -0.05) is 54.2 Å². The molecule has 1 fully saturated rings. The molecule has 0 bridgehead atoms. The standard InChI is InChI=1S/C18H16N2O3S/c1-2-10-20-17(22)15(24-18(20)23)11-16(21)19-14-9-5-7-12-6-3-4-8-13(12)14/h2-9,15H,1,10-11H2,(H,19,21)/t15-/m0/s1. The number of hydrogen-bond acceptors (Lipinski definition) is 4. The van der Waals surface area contributed by atoms with E-state index in [1.165, 1.54) is 6.08 Å². The first-order valence-electron chi connectivity index (χ1n) is 7.50. The number of nitrogens with one attached hydrogen (secondary N) is 1. The van der Waals surface area contributed by atoms with Crippen LogP contribution in [0.15, 0.2) is 55.1 Å². The molecule has 0 radical (unpaired) electrons. The van der Waals surface area contributed by atoms with Crippen LogP contribution in [-0.4, -0.2) is 33.7 Å². The largest absolute Gasteiger partial charge is 0.325 e. The van der Waals surface area contributed by atoms with Crippen LogP contribution < -0.4 is 5.32 Å². The molecule has 1 saturated heterocycles. The van der Waals surface area contributed by atoms with Crippen molar-refractivity contribution in [1.29, 1.82) is 0 Å². The van der Waals surface area contributed by atoms with Gasteiger partial charge in [-0.15, -0.1) is 6.58 Å². The normalized spacial score (nSPS) is 17.3. The van der Waals surface area contributed by atoms with Crippen molar-refractivity contribution in [3.63, 3.8) is 0 Å². The van der Waals surface area contributed by atoms with E-state index in [0.717, 1.165) is 27.4 Å². The van der Waals surface area contributed by atoms with Crippen molar-refractivity contribution < 1.29 is 14.4 Å². The molecule has 122 valence electrons. The minimum Gasteiger partial charge on any atom is -0.325 e. The summed E-state index contributed by atoms with van der Waals surface area (Å²) in [6, 6.07) is 13.4. The zero-order chi connectivity index (χ0) is 17.1. The smallest absolute Gasteiger partial charge is 0.289 e. The topological polar surface area (TPSA) is 66.5 Å². The first kappa shape index (κ1) is 16.3. The Kier molecular flexibility index (Phi) is 4.66. The molecule has 3 amide bonds. The van der Waals surface area contributed by atoms with E-state index in [9.17, 15) is 14.4 Å². The molecular weight excluding hydrogens is 324 g/mol. The third-order valence-electron chi connectivity index (χ3n) is 3.75. The van der Waals surface area contributed by atoms with Gasteiger partial charge in [-0.25, -0.2) is 0 Å². The van der Waals surface area contributed by atoms with Crippen molar-refractivity contribution in [3.05, 3.63) is 55.1 Å². The summed E-state index contributed by atoms with van der Waals surface area (Å²) in [5, 5.41) is 3.79. The van der Waals surface area contributed by atoms with Crippen LogP contribution in [0.4, 0.5) is 10.5 Å². The minimum atomic E-state index is -0.674. The molecule has 2 aromatic carbocycles. The lowest BCUT2D eigenvalue weighted by atomic mass is 10.1. The number of hydrogen-bond donors (Lipinski definition) is 1. The third-order valence-corrected chi connectivity index (χ3v) is 4.83. The molecular formula is C18H16N2O3S. The summed E-state index contributed by atoms with van der Waals surface area (Å²) in [5.41, 5.74) is 0.697. The Hall–Kier alpha value is -2.60. The van der Waals surface area contributed by atoms with E-state index >= 15 is 0 Å². The highest BCUT2D eigenvalue weighted by atomic mass is 32.2. The highest BCUT2D eigenvalue weighted by Gasteiger charge is 2.39. The first-order chi connectivity index (χ1) is 11.6. The molecule has 1 atom stereocenters. The quantitative estimate of drug-likeness (QED) is 0.847. The molecule has 0 unspecified atom stereocenters. The number of fused-ring (bicyclic) bond motifs is 1. The van der Waals surface area contributed by atoms with Gasteiger partial charge in [-0.05, 0) is 11.5 Å². The molecule has 1 heterocycles. The van der Waals surface area contributed by atoms with E-state index in [1.54, 1.807) is 0 Å². The second-order valence-corrected chi connectivity index (χ2v) is 6.54. The fourth-order valence-electron chi connectivity index (χ4n) is 2.63. The Labute approximate surface area is 143 Å². The summed E-state index contributed by atoms with van der Waals surface area (Å²) in [6.45, 7) is 3.70. The maximum Gasteiger partial charge on any atom is 0.289 e. The lowest BCUT2D eigenvalue weighted by Crippen LogP contribution is -2.33. The Morgan fingerprint density at radius 2 is 1.96 bits per heavy atom. The predicted molar refractivity (Wildman–Crippen MR) is 95.9 cm³/mol. The van der Waals surface area contributed by atoms with Crippen LogP contribution >= 0.6 is 11.8 Å². The number of nitrogens with zero attached hydrogens (tertiary/aromatic N) is 1. The van der Waals surface area contributed by atoms with Crippen molar-refractivity contribution >= 4 is 45.3 Å². The lowest BCUT2D eigenvalue weighted by Gasteiger charge is -2.12. The van der Waals surface area contributed by atoms with Gasteiger partial charge in [0.1, 0.15) is 5.25 Å². The lowest BCUT2D eigenvalue weighted by molar-refractivity contribution is -0.128. The monoisotopic (exact) mass is 340 g/mol. The van der Waals surface area contributed by atoms with Crippen LogP contribution in [-0.2, 0) is 9.59 Å². The zero-order valence-corrected chi connectivity index (χ0v) is 13.7. The Balaban J connectivity index is 1.71. The average molecular weight is 340 g/mol. The number of rotatable bonds is 5. The summed E-state index contributed by atoms with van der Waals surface area (Å²) in [7, 11) is 0. The van der Waals surface area contributed by atoms with E-state index in [-0.39, 0.29) is 30.0 Å². The van der Waals surface area contributed by atoms with E-state index < -0.39 is 5.25 Å². The second-order valence-electron chi connectivity index (χ2n) is 5.39. The average Bonchev–Trinajstić information content (AvgIpc) is 2.83. The zero-order valence-electron chi connectivity index (χ0n) is 12.9. The maximum atomic E-state index is 12.3. The van der Waals surface area contributed by atoms with Gasteiger partial charge in [0.25, 0.3) is 5.24 Å². The number of carbonyl (C=O) groups is 3. The Bertz CT molecular complexity index is 829. The number of amides is 3. The molecule has 0 aliphatic carbocycles. The van der Waals surface area contributed by atoms with Crippen molar-refractivity contribution in [1.82, 2.24) is 4.90 Å². The van der Waals surface area contributed by atoms with E-state index in [0.29, 0.717) is 5.69 Å². The predicted octanol–water partition coefficient (Wildman–Crippen LogP) is 3.42. The SMILES string of the molecule is C=CCN1C(=O)S[C@@H](CC(=O)Nc2cccc3ccccc23)C1=O. The van der Waals surface area contributed by atoms with Crippen LogP contribution in [0.25, 0.3) is 10.8 Å². The molecule has 1 aliphatic heterocycles. The second kappa shape index (κ2) is 6.88. The van der Waals surface area contributed by atoms with Crippen LogP contribution in [0.1, 0.15) is 6.42 Å². The van der Waals surface area contributed by atoms with Gasteiger partial charge in [0, 0.05) is 24.0 Å². The summed E-state index contributed by atoms with van der Waals surface area (Å²) in [4.78, 5) is 37.4. The minimum absolute atomic E-state index is 0.0356. The van der Waals surface area contributed by atoms with Crippen molar-refractivity contribution in [2.24, 2.45) is 0 Å². The molecule has 0 aromatic heterocycles. The molecule has 1 aliphatic rings. The van der Waals surface area contributed by atoms with Crippen LogP contribution in [0.2, 0.25) is 0 Å². The van der Waals surface area contributed by atoms with Gasteiger partial charge in [0.15, 0.2) is 0 Å². The number of carbonyl (C=O) groups excluding carboxylic acids is 3. The van der Waals surface area contributed by atoms with Gasteiger partial charge in [-0.3, -0.25) is 19.3 Å². The van der Waals surface area contributed by atoms with Crippen LogP contribution in [0, 0.1) is 0 Å². The Morgan fingerprint density at radius 1 is 1.21 bits per heavy atom. The molecule has 1 N–H and O–H groups in total. The van der Waals surface area contributed by atoms with Gasteiger partial charge in [0.2, 0.25) is 11.8 Å². The molecule has 24 heavy (non-hydrogen) atoms. The van der Waals surface area contributed by atoms with Crippen molar-refractivity contribution in [2.75, 3.05) is 11.9 Å². The van der Waals surface area contributed by atoms with Crippen LogP contribution in [0.3, 0.4) is 0 Å². The van der Waals surface area contributed by atoms with E-state index in [2.05, 4.69) is 11.9 Å².